The number of amides is 2. The van der Waals surface area contributed by atoms with Crippen LogP contribution in [-0.2, 0) is 20.8 Å². The molecule has 184 valence electrons. The Balaban J connectivity index is 1.71. The van der Waals surface area contributed by atoms with Gasteiger partial charge in [-0.05, 0) is 42.9 Å². The number of carbonyl (C=O) groups excluding carboxylic acids is 3. The number of nitriles is 1. The lowest BCUT2D eigenvalue weighted by atomic mass is 9.90. The molecule has 0 aliphatic carbocycles. The first-order chi connectivity index (χ1) is 16.7. The summed E-state index contributed by atoms with van der Waals surface area (Å²) in [5.74, 6) is -1.79. The lowest BCUT2D eigenvalue weighted by Gasteiger charge is -2.24. The van der Waals surface area contributed by atoms with Gasteiger partial charge in [-0.3, -0.25) is 14.4 Å². The minimum atomic E-state index is -0.597. The maximum atomic E-state index is 13.2. The molecule has 0 radical (unpaired) electrons. The van der Waals surface area contributed by atoms with Gasteiger partial charge in [-0.25, -0.2) is 5.01 Å². The largest absolute Gasteiger partial charge is 0.347 e. The number of hydrazone groups is 1. The standard InChI is InChI=1S/C26H32N6O3/c1-5-19-15-28-30-21(16(2)3)13-22(19)29-25(34)24-23(33)12-20(26(35)32(4)31-24)10-9-17-7-6-8-18(11-17)14-27/h6-8,11,15-16,19-20,22H,5,9-10,12-13H2,1-4H3,(H,29,34). The van der Waals surface area contributed by atoms with Crippen molar-refractivity contribution in [2.45, 2.75) is 58.9 Å². The third-order valence-electron chi connectivity index (χ3n) is 6.51. The van der Waals surface area contributed by atoms with Gasteiger partial charge in [-0.2, -0.15) is 20.6 Å². The highest BCUT2D eigenvalue weighted by molar-refractivity contribution is 6.66. The molecule has 0 saturated carbocycles. The molecule has 2 aliphatic heterocycles. The van der Waals surface area contributed by atoms with Crippen LogP contribution >= 0.6 is 0 Å². The molecule has 0 aromatic heterocycles. The van der Waals surface area contributed by atoms with Gasteiger partial charge in [0.1, 0.15) is 0 Å². The summed E-state index contributed by atoms with van der Waals surface area (Å²) in [4.78, 5) is 39.1. The van der Waals surface area contributed by atoms with E-state index in [0.717, 1.165) is 22.7 Å². The molecule has 0 spiro atoms. The van der Waals surface area contributed by atoms with Crippen LogP contribution in [0.25, 0.3) is 0 Å². The molecule has 3 rings (SSSR count). The van der Waals surface area contributed by atoms with E-state index in [9.17, 15) is 14.4 Å². The van der Waals surface area contributed by atoms with E-state index in [-0.39, 0.29) is 35.9 Å². The van der Waals surface area contributed by atoms with Gasteiger partial charge in [0.05, 0.1) is 11.6 Å². The van der Waals surface area contributed by atoms with Crippen LogP contribution in [0, 0.1) is 29.1 Å². The monoisotopic (exact) mass is 476 g/mol. The Morgan fingerprint density at radius 2 is 2.06 bits per heavy atom. The maximum Gasteiger partial charge on any atom is 0.275 e. The predicted molar refractivity (Wildman–Crippen MR) is 134 cm³/mol. The normalized spacial score (nSPS) is 22.7. The van der Waals surface area contributed by atoms with E-state index in [1.165, 1.54) is 7.05 Å². The smallest absolute Gasteiger partial charge is 0.275 e. The van der Waals surface area contributed by atoms with Crippen LogP contribution in [-0.4, -0.2) is 53.3 Å². The molecule has 1 aromatic rings. The molecule has 3 unspecified atom stereocenters. The third kappa shape index (κ3) is 6.47. The predicted octanol–water partition coefficient (Wildman–Crippen LogP) is 2.89. The first-order valence-electron chi connectivity index (χ1n) is 12.0. The number of ketones is 1. The summed E-state index contributed by atoms with van der Waals surface area (Å²) < 4.78 is 0. The Bertz CT molecular complexity index is 1110. The van der Waals surface area contributed by atoms with Gasteiger partial charge in [0.15, 0.2) is 11.5 Å². The van der Waals surface area contributed by atoms with Crippen LogP contribution in [0.2, 0.25) is 0 Å². The van der Waals surface area contributed by atoms with Crippen LogP contribution in [0.15, 0.2) is 39.6 Å². The number of carbonyl (C=O) groups is 3. The van der Waals surface area contributed by atoms with Crippen molar-refractivity contribution in [1.82, 2.24) is 10.3 Å². The molecule has 0 fully saturated rings. The van der Waals surface area contributed by atoms with Crippen LogP contribution in [0.4, 0.5) is 0 Å². The van der Waals surface area contributed by atoms with Crippen molar-refractivity contribution in [2.75, 3.05) is 7.05 Å². The van der Waals surface area contributed by atoms with Crippen molar-refractivity contribution in [3.05, 3.63) is 35.4 Å². The highest BCUT2D eigenvalue weighted by Crippen LogP contribution is 2.22. The second-order valence-electron chi connectivity index (χ2n) is 9.35. The Morgan fingerprint density at radius 3 is 2.74 bits per heavy atom. The number of nitrogens with zero attached hydrogens (tertiary/aromatic N) is 5. The van der Waals surface area contributed by atoms with E-state index in [1.54, 1.807) is 24.4 Å². The lowest BCUT2D eigenvalue weighted by molar-refractivity contribution is -0.135. The summed E-state index contributed by atoms with van der Waals surface area (Å²) in [6, 6.07) is 9.00. The van der Waals surface area contributed by atoms with Crippen molar-refractivity contribution in [3.63, 3.8) is 0 Å². The maximum absolute atomic E-state index is 13.2. The molecule has 2 heterocycles. The first kappa shape index (κ1) is 25.9. The number of Topliss-reactive ketones (excluding diaryl/α,β-unsaturated/α-hetero) is 1. The molecule has 1 aromatic carbocycles. The van der Waals surface area contributed by atoms with Gasteiger partial charge in [-0.15, -0.1) is 0 Å². The fourth-order valence-corrected chi connectivity index (χ4v) is 4.31. The Labute approximate surface area is 206 Å². The quantitative estimate of drug-likeness (QED) is 0.649. The van der Waals surface area contributed by atoms with E-state index in [2.05, 4.69) is 26.7 Å². The number of benzene rings is 1. The summed E-state index contributed by atoms with van der Waals surface area (Å²) in [6.07, 6.45) is 3.89. The summed E-state index contributed by atoms with van der Waals surface area (Å²) in [6.45, 7) is 6.05. The molecule has 0 saturated heterocycles. The second-order valence-corrected chi connectivity index (χ2v) is 9.35. The average molecular weight is 477 g/mol. The van der Waals surface area contributed by atoms with Crippen molar-refractivity contribution in [1.29, 1.82) is 5.26 Å². The fourth-order valence-electron chi connectivity index (χ4n) is 4.31. The van der Waals surface area contributed by atoms with Gasteiger partial charge in [0.25, 0.3) is 5.91 Å². The highest BCUT2D eigenvalue weighted by atomic mass is 16.2. The molecule has 35 heavy (non-hydrogen) atoms. The molecule has 9 nitrogen and oxygen atoms in total. The Kier molecular flexibility index (Phi) is 8.63. The minimum absolute atomic E-state index is 0.0308. The number of rotatable bonds is 7. The zero-order chi connectivity index (χ0) is 25.5. The summed E-state index contributed by atoms with van der Waals surface area (Å²) in [5.41, 5.74) is 2.08. The second kappa shape index (κ2) is 11.6. The van der Waals surface area contributed by atoms with Crippen molar-refractivity contribution in [2.24, 2.45) is 33.1 Å². The molecule has 2 amide bonds. The number of hydrogen-bond donors (Lipinski definition) is 1. The third-order valence-corrected chi connectivity index (χ3v) is 6.51. The molecule has 1 N–H and O–H groups in total. The van der Waals surface area contributed by atoms with E-state index in [0.29, 0.717) is 24.8 Å². The summed E-state index contributed by atoms with van der Waals surface area (Å²) >= 11 is 0. The molecular formula is C26H32N6O3. The summed E-state index contributed by atoms with van der Waals surface area (Å²) in [5, 5.41) is 25.7. The molecular weight excluding hydrogens is 444 g/mol. The van der Waals surface area contributed by atoms with Gasteiger partial charge >= 0.3 is 0 Å². The van der Waals surface area contributed by atoms with Crippen molar-refractivity contribution in [3.8, 4) is 6.07 Å². The Morgan fingerprint density at radius 1 is 1.29 bits per heavy atom. The molecule has 9 heteroatoms. The van der Waals surface area contributed by atoms with E-state index in [1.807, 2.05) is 26.8 Å². The van der Waals surface area contributed by atoms with Crippen LogP contribution < -0.4 is 5.32 Å². The topological polar surface area (TPSA) is 127 Å². The van der Waals surface area contributed by atoms with E-state index >= 15 is 0 Å². The minimum Gasteiger partial charge on any atom is -0.347 e. The number of hydrogen-bond acceptors (Lipinski definition) is 7. The van der Waals surface area contributed by atoms with Crippen LogP contribution in [0.1, 0.15) is 57.6 Å². The molecule has 0 bridgehead atoms. The lowest BCUT2D eigenvalue weighted by Crippen LogP contribution is -2.47. The Hall–Kier alpha value is -3.67. The van der Waals surface area contributed by atoms with Gasteiger partial charge in [0, 0.05) is 49.7 Å². The van der Waals surface area contributed by atoms with Gasteiger partial charge in [0.2, 0.25) is 5.91 Å². The molecule has 3 atom stereocenters. The number of nitrogens with one attached hydrogen (secondary N) is 1. The van der Waals surface area contributed by atoms with E-state index in [4.69, 9.17) is 5.26 Å². The van der Waals surface area contributed by atoms with Gasteiger partial charge in [-0.1, -0.05) is 32.9 Å². The van der Waals surface area contributed by atoms with E-state index < -0.39 is 17.6 Å². The van der Waals surface area contributed by atoms with Crippen molar-refractivity contribution < 1.29 is 14.4 Å². The first-order valence-corrected chi connectivity index (χ1v) is 12.0. The zero-order valence-electron chi connectivity index (χ0n) is 20.7. The zero-order valence-corrected chi connectivity index (χ0v) is 20.7. The number of aryl methyl sites for hydroxylation is 1. The van der Waals surface area contributed by atoms with Crippen LogP contribution in [0.5, 0.6) is 0 Å². The van der Waals surface area contributed by atoms with Crippen molar-refractivity contribution >= 4 is 35.2 Å². The summed E-state index contributed by atoms with van der Waals surface area (Å²) in [7, 11) is 1.47. The average Bonchev–Trinajstić information content (AvgIpc) is 3.11. The molecule has 2 aliphatic rings. The SMILES string of the molecule is CCC1C=NN=C(C(C)C)CC1NC(=O)C1=NN(C)C(=O)C(CCc2cccc(C#N)c2)CC1=O. The van der Waals surface area contributed by atoms with Crippen LogP contribution in [0.3, 0.4) is 0 Å². The van der Waals surface area contributed by atoms with Gasteiger partial charge < -0.3 is 5.32 Å². The fraction of sp³-hybridized carbons (Fsp3) is 0.500. The highest BCUT2D eigenvalue weighted by Gasteiger charge is 2.35.